The lowest BCUT2D eigenvalue weighted by Crippen LogP contribution is -2.19. The van der Waals surface area contributed by atoms with E-state index in [2.05, 4.69) is 31.4 Å². The molecule has 9 nitrogen and oxygen atoms in total. The minimum absolute atomic E-state index is 0.216. The topological polar surface area (TPSA) is 114 Å². The Bertz CT molecular complexity index is 1250. The molecule has 0 spiro atoms. The lowest BCUT2D eigenvalue weighted by Gasteiger charge is -2.07. The van der Waals surface area contributed by atoms with E-state index in [0.29, 0.717) is 22.5 Å². The minimum atomic E-state index is -0.359. The number of hydrogen-bond acceptors (Lipinski definition) is 6. The number of carbonyl (C=O) groups excluding carboxylic acids is 2. The summed E-state index contributed by atoms with van der Waals surface area (Å²) in [4.78, 5) is 24.7. The zero-order valence-corrected chi connectivity index (χ0v) is 17.1. The molecule has 2 amide bonds. The number of tetrazole rings is 1. The molecule has 0 aliphatic carbocycles. The van der Waals surface area contributed by atoms with E-state index < -0.39 is 0 Å². The van der Waals surface area contributed by atoms with Crippen molar-refractivity contribution < 1.29 is 9.59 Å². The van der Waals surface area contributed by atoms with Gasteiger partial charge in [-0.3, -0.25) is 9.59 Å². The molecular formula is C23H19N7O2. The fourth-order valence-electron chi connectivity index (χ4n) is 2.91. The van der Waals surface area contributed by atoms with E-state index in [1.54, 1.807) is 55.5 Å². The summed E-state index contributed by atoms with van der Waals surface area (Å²) in [7, 11) is 0. The average molecular weight is 425 g/mol. The Hall–Kier alpha value is -4.66. The standard InChI is InChI=1S/C23H19N7O2/c1-16(19-8-5-9-21(14-19)30-15-24-28-29-30)26-27-23(32)18-10-12-20(13-11-18)25-22(31)17-6-3-2-4-7-17/h2-15H,1H3,(H,25,31)(H,27,32)/b26-16+. The number of benzene rings is 3. The van der Waals surface area contributed by atoms with Crippen LogP contribution in [0.3, 0.4) is 0 Å². The van der Waals surface area contributed by atoms with Gasteiger partial charge in [0.25, 0.3) is 11.8 Å². The molecule has 2 N–H and O–H groups in total. The van der Waals surface area contributed by atoms with Crippen LogP contribution in [0.5, 0.6) is 0 Å². The van der Waals surface area contributed by atoms with Gasteiger partial charge in [0.1, 0.15) is 6.33 Å². The first-order valence-electron chi connectivity index (χ1n) is 9.75. The third-order valence-corrected chi connectivity index (χ3v) is 4.64. The van der Waals surface area contributed by atoms with Gasteiger partial charge in [-0.1, -0.05) is 30.3 Å². The molecule has 0 radical (unpaired) electrons. The Labute approximate surface area is 183 Å². The third kappa shape index (κ3) is 4.90. The molecule has 0 aliphatic rings. The van der Waals surface area contributed by atoms with Gasteiger partial charge >= 0.3 is 0 Å². The van der Waals surface area contributed by atoms with Gasteiger partial charge in [-0.25, -0.2) is 10.1 Å². The molecule has 0 fully saturated rings. The first-order chi connectivity index (χ1) is 15.6. The largest absolute Gasteiger partial charge is 0.322 e. The number of nitrogens with zero attached hydrogens (tertiary/aromatic N) is 5. The molecule has 3 aromatic carbocycles. The Kier molecular flexibility index (Phi) is 6.08. The summed E-state index contributed by atoms with van der Waals surface area (Å²) in [5.41, 5.74) is 6.34. The van der Waals surface area contributed by atoms with Gasteiger partial charge in [-0.15, -0.1) is 5.10 Å². The van der Waals surface area contributed by atoms with Crippen LogP contribution in [0.2, 0.25) is 0 Å². The van der Waals surface area contributed by atoms with Crippen molar-refractivity contribution in [2.75, 3.05) is 5.32 Å². The van der Waals surface area contributed by atoms with Crippen LogP contribution in [-0.4, -0.2) is 37.7 Å². The van der Waals surface area contributed by atoms with E-state index in [-0.39, 0.29) is 11.8 Å². The Balaban J connectivity index is 1.39. The number of hydrogen-bond donors (Lipinski definition) is 2. The first kappa shape index (κ1) is 20.6. The highest BCUT2D eigenvalue weighted by Gasteiger charge is 2.08. The lowest BCUT2D eigenvalue weighted by molar-refractivity contribution is 0.0954. The zero-order valence-electron chi connectivity index (χ0n) is 17.1. The molecule has 1 heterocycles. The van der Waals surface area contributed by atoms with Crippen LogP contribution in [-0.2, 0) is 0 Å². The highest BCUT2D eigenvalue weighted by atomic mass is 16.2. The first-order valence-corrected chi connectivity index (χ1v) is 9.75. The van der Waals surface area contributed by atoms with E-state index in [4.69, 9.17) is 0 Å². The van der Waals surface area contributed by atoms with Crippen molar-refractivity contribution >= 4 is 23.2 Å². The summed E-state index contributed by atoms with van der Waals surface area (Å²) >= 11 is 0. The average Bonchev–Trinajstić information content (AvgIpc) is 3.38. The van der Waals surface area contributed by atoms with Crippen molar-refractivity contribution in [1.29, 1.82) is 0 Å². The Morgan fingerprint density at radius 1 is 0.844 bits per heavy atom. The van der Waals surface area contributed by atoms with Crippen molar-refractivity contribution in [2.45, 2.75) is 6.92 Å². The number of amides is 2. The molecule has 32 heavy (non-hydrogen) atoms. The molecule has 4 aromatic rings. The summed E-state index contributed by atoms with van der Waals surface area (Å²) in [6, 6.07) is 23.0. The molecule has 4 rings (SSSR count). The van der Waals surface area contributed by atoms with Gasteiger partial charge in [-0.2, -0.15) is 5.10 Å². The van der Waals surface area contributed by atoms with E-state index in [1.165, 1.54) is 11.0 Å². The molecule has 0 saturated heterocycles. The van der Waals surface area contributed by atoms with Crippen molar-refractivity contribution in [3.05, 3.63) is 102 Å². The van der Waals surface area contributed by atoms with Crippen LogP contribution in [0.1, 0.15) is 33.2 Å². The zero-order chi connectivity index (χ0) is 22.3. The van der Waals surface area contributed by atoms with Gasteiger partial charge in [0.2, 0.25) is 0 Å². The number of nitrogens with one attached hydrogen (secondary N) is 2. The number of hydrazone groups is 1. The van der Waals surface area contributed by atoms with Crippen molar-refractivity contribution in [3.8, 4) is 5.69 Å². The second kappa shape index (κ2) is 9.43. The molecule has 0 bridgehead atoms. The number of aromatic nitrogens is 4. The molecule has 1 aromatic heterocycles. The highest BCUT2D eigenvalue weighted by Crippen LogP contribution is 2.12. The number of rotatable bonds is 6. The van der Waals surface area contributed by atoms with Crippen LogP contribution in [0.25, 0.3) is 5.69 Å². The maximum absolute atomic E-state index is 12.5. The van der Waals surface area contributed by atoms with Gasteiger partial charge < -0.3 is 5.32 Å². The fourth-order valence-corrected chi connectivity index (χ4v) is 2.91. The van der Waals surface area contributed by atoms with Crippen molar-refractivity contribution in [2.24, 2.45) is 5.10 Å². The Morgan fingerprint density at radius 2 is 1.56 bits per heavy atom. The van der Waals surface area contributed by atoms with Crippen LogP contribution in [0.15, 0.2) is 90.3 Å². The summed E-state index contributed by atoms with van der Waals surface area (Å²) in [5.74, 6) is -0.575. The van der Waals surface area contributed by atoms with Crippen LogP contribution < -0.4 is 10.7 Å². The lowest BCUT2D eigenvalue weighted by atomic mass is 10.1. The predicted octanol–water partition coefficient (Wildman–Crippen LogP) is 3.07. The smallest absolute Gasteiger partial charge is 0.271 e. The maximum Gasteiger partial charge on any atom is 0.271 e. The molecule has 0 atom stereocenters. The molecular weight excluding hydrogens is 406 g/mol. The molecule has 0 saturated carbocycles. The summed E-state index contributed by atoms with van der Waals surface area (Å²) in [6.07, 6.45) is 1.50. The van der Waals surface area contributed by atoms with Crippen molar-refractivity contribution in [3.63, 3.8) is 0 Å². The normalized spacial score (nSPS) is 11.1. The molecule has 158 valence electrons. The van der Waals surface area contributed by atoms with E-state index in [9.17, 15) is 9.59 Å². The third-order valence-electron chi connectivity index (χ3n) is 4.64. The van der Waals surface area contributed by atoms with Gasteiger partial charge in [0, 0.05) is 16.8 Å². The van der Waals surface area contributed by atoms with Crippen molar-refractivity contribution in [1.82, 2.24) is 25.6 Å². The SMILES string of the molecule is C/C(=N\NC(=O)c1ccc(NC(=O)c2ccccc2)cc1)c1cccc(-n2cnnn2)c1. The second-order valence-corrected chi connectivity index (χ2v) is 6.84. The predicted molar refractivity (Wildman–Crippen MR) is 120 cm³/mol. The fraction of sp³-hybridized carbons (Fsp3) is 0.0435. The molecule has 0 unspecified atom stereocenters. The highest BCUT2D eigenvalue weighted by molar-refractivity contribution is 6.04. The molecule has 0 aliphatic heterocycles. The minimum Gasteiger partial charge on any atom is -0.322 e. The number of anilines is 1. The summed E-state index contributed by atoms with van der Waals surface area (Å²) in [5, 5.41) is 18.1. The van der Waals surface area contributed by atoms with Crippen LogP contribution in [0, 0.1) is 0 Å². The van der Waals surface area contributed by atoms with E-state index in [0.717, 1.165) is 11.3 Å². The second-order valence-electron chi connectivity index (χ2n) is 6.84. The molecule has 9 heteroatoms. The Morgan fingerprint density at radius 3 is 2.28 bits per heavy atom. The maximum atomic E-state index is 12.5. The van der Waals surface area contributed by atoms with Crippen LogP contribution in [0.4, 0.5) is 5.69 Å². The number of carbonyl (C=O) groups is 2. The summed E-state index contributed by atoms with van der Waals surface area (Å²) in [6.45, 7) is 1.79. The van der Waals surface area contributed by atoms with Gasteiger partial charge in [-0.05, 0) is 71.4 Å². The van der Waals surface area contributed by atoms with Crippen LogP contribution >= 0.6 is 0 Å². The van der Waals surface area contributed by atoms with E-state index in [1.807, 2.05) is 30.3 Å². The summed E-state index contributed by atoms with van der Waals surface area (Å²) < 4.78 is 1.54. The quantitative estimate of drug-likeness (QED) is 0.364. The monoisotopic (exact) mass is 425 g/mol. The van der Waals surface area contributed by atoms with Gasteiger partial charge in [0.05, 0.1) is 11.4 Å². The van der Waals surface area contributed by atoms with E-state index >= 15 is 0 Å². The van der Waals surface area contributed by atoms with Gasteiger partial charge in [0.15, 0.2) is 0 Å².